The number of sulfonamides is 1. The van der Waals surface area contributed by atoms with Gasteiger partial charge >= 0.3 is 0 Å². The largest absolute Gasteiger partial charge is 0.339 e. The maximum Gasteiger partial charge on any atom is 0.262 e. The summed E-state index contributed by atoms with van der Waals surface area (Å²) in [6.07, 6.45) is 5.04. The lowest BCUT2D eigenvalue weighted by Gasteiger charge is -2.14. The van der Waals surface area contributed by atoms with Crippen molar-refractivity contribution in [2.24, 2.45) is 13.0 Å². The molecule has 0 radical (unpaired) electrons. The number of nitrogens with zero attached hydrogens (tertiary/aromatic N) is 5. The smallest absolute Gasteiger partial charge is 0.262 e. The minimum atomic E-state index is -3.73. The van der Waals surface area contributed by atoms with Gasteiger partial charge in [0.05, 0.1) is 13.0 Å². The van der Waals surface area contributed by atoms with Crippen LogP contribution in [0.1, 0.15) is 36.3 Å². The van der Waals surface area contributed by atoms with Crippen molar-refractivity contribution in [3.8, 4) is 0 Å². The highest BCUT2D eigenvalue weighted by Crippen LogP contribution is 2.39. The monoisotopic (exact) mass is 354 g/mol. The lowest BCUT2D eigenvalue weighted by molar-refractivity contribution is 0.345. The molecule has 1 saturated carbocycles. The van der Waals surface area contributed by atoms with E-state index in [1.165, 1.54) is 16.8 Å². The maximum absolute atomic E-state index is 13.5. The molecule has 2 aromatic heterocycles. The summed E-state index contributed by atoms with van der Waals surface area (Å²) in [5.41, 5.74) is 0. The van der Waals surface area contributed by atoms with Crippen molar-refractivity contribution in [1.82, 2.24) is 29.0 Å². The van der Waals surface area contributed by atoms with E-state index < -0.39 is 22.6 Å². The van der Waals surface area contributed by atoms with Crippen molar-refractivity contribution in [2.45, 2.75) is 29.7 Å². The molecule has 4 rings (SSSR count). The molecule has 2 aromatic rings. The molecule has 2 fully saturated rings. The Kier molecular flexibility index (Phi) is 3.68. The van der Waals surface area contributed by atoms with E-state index >= 15 is 0 Å². The number of aryl methyl sites for hydroxylation is 1. The van der Waals surface area contributed by atoms with Gasteiger partial charge in [-0.1, -0.05) is 0 Å². The SMILES string of the molecule is Cn1cnc(S(=O)(=O)N2C[C@@H](CF)[C@H](c3nc(C4CC4)n[nH]3)C2)c1. The second-order valence-electron chi connectivity index (χ2n) is 6.57. The Balaban J connectivity index is 1.58. The van der Waals surface area contributed by atoms with Crippen LogP contribution >= 0.6 is 0 Å². The van der Waals surface area contributed by atoms with Crippen molar-refractivity contribution in [3.05, 3.63) is 24.2 Å². The first-order valence-electron chi connectivity index (χ1n) is 7.95. The number of H-pyrrole nitrogens is 1. The third kappa shape index (κ3) is 2.63. The number of imidazole rings is 1. The van der Waals surface area contributed by atoms with Gasteiger partial charge in [0.2, 0.25) is 0 Å². The molecular weight excluding hydrogens is 335 g/mol. The number of alkyl halides is 1. The average molecular weight is 354 g/mol. The molecule has 0 unspecified atom stereocenters. The molecule has 0 spiro atoms. The molecule has 2 aliphatic rings. The number of hydrogen-bond acceptors (Lipinski definition) is 5. The predicted molar refractivity (Wildman–Crippen MR) is 82.5 cm³/mol. The summed E-state index contributed by atoms with van der Waals surface area (Å²) in [6.45, 7) is -0.287. The van der Waals surface area contributed by atoms with E-state index in [-0.39, 0.29) is 24.0 Å². The summed E-state index contributed by atoms with van der Waals surface area (Å²) < 4.78 is 41.7. The zero-order chi connectivity index (χ0) is 16.9. The Morgan fingerprint density at radius 2 is 2.17 bits per heavy atom. The molecular formula is C14H19FN6O2S. The number of rotatable bonds is 5. The van der Waals surface area contributed by atoms with Crippen LogP contribution in [0.2, 0.25) is 0 Å². The lowest BCUT2D eigenvalue weighted by atomic mass is 9.97. The van der Waals surface area contributed by atoms with Crippen LogP contribution in [-0.4, -0.2) is 57.2 Å². The number of halogens is 1. The van der Waals surface area contributed by atoms with Gasteiger partial charge in [-0.25, -0.2) is 18.4 Å². The molecule has 2 atom stereocenters. The van der Waals surface area contributed by atoms with E-state index in [0.717, 1.165) is 18.7 Å². The number of aromatic nitrogens is 5. The highest BCUT2D eigenvalue weighted by atomic mass is 32.2. The van der Waals surface area contributed by atoms with E-state index in [9.17, 15) is 12.8 Å². The molecule has 3 heterocycles. The van der Waals surface area contributed by atoms with Crippen molar-refractivity contribution >= 4 is 10.0 Å². The molecule has 1 N–H and O–H groups in total. The molecule has 0 aromatic carbocycles. The van der Waals surface area contributed by atoms with Crippen molar-refractivity contribution in [1.29, 1.82) is 0 Å². The van der Waals surface area contributed by atoms with Crippen molar-refractivity contribution in [3.63, 3.8) is 0 Å². The Morgan fingerprint density at radius 3 is 2.79 bits per heavy atom. The third-order valence-corrected chi connectivity index (χ3v) is 6.42. The van der Waals surface area contributed by atoms with Crippen LogP contribution in [0.25, 0.3) is 0 Å². The Hall–Kier alpha value is -1.81. The fourth-order valence-corrected chi connectivity index (χ4v) is 4.62. The highest BCUT2D eigenvalue weighted by Gasteiger charge is 2.42. The van der Waals surface area contributed by atoms with E-state index in [1.54, 1.807) is 11.6 Å². The van der Waals surface area contributed by atoms with Gasteiger partial charge in [-0.3, -0.25) is 9.49 Å². The van der Waals surface area contributed by atoms with Gasteiger partial charge in [0.1, 0.15) is 5.82 Å². The van der Waals surface area contributed by atoms with Crippen LogP contribution in [0.5, 0.6) is 0 Å². The summed E-state index contributed by atoms with van der Waals surface area (Å²) in [6, 6.07) is 0. The molecule has 0 amide bonds. The van der Waals surface area contributed by atoms with Gasteiger partial charge < -0.3 is 4.57 Å². The topological polar surface area (TPSA) is 96.8 Å². The zero-order valence-corrected chi connectivity index (χ0v) is 14.1. The molecule has 24 heavy (non-hydrogen) atoms. The van der Waals surface area contributed by atoms with E-state index in [2.05, 4.69) is 20.2 Å². The first-order chi connectivity index (χ1) is 11.5. The molecule has 1 aliphatic heterocycles. The van der Waals surface area contributed by atoms with Gasteiger partial charge in [0.15, 0.2) is 10.9 Å². The predicted octanol–water partition coefficient (Wildman–Crippen LogP) is 0.789. The Bertz CT molecular complexity index is 843. The molecule has 1 saturated heterocycles. The van der Waals surface area contributed by atoms with Crippen LogP contribution < -0.4 is 0 Å². The summed E-state index contributed by atoms with van der Waals surface area (Å²) in [4.78, 5) is 8.39. The van der Waals surface area contributed by atoms with Gasteiger partial charge in [-0.2, -0.15) is 9.40 Å². The van der Waals surface area contributed by atoms with E-state index in [0.29, 0.717) is 11.7 Å². The van der Waals surface area contributed by atoms with E-state index in [1.807, 2.05) is 0 Å². The summed E-state index contributed by atoms with van der Waals surface area (Å²) in [5, 5.41) is 7.06. The van der Waals surface area contributed by atoms with Crippen molar-refractivity contribution in [2.75, 3.05) is 19.8 Å². The van der Waals surface area contributed by atoms with Crippen LogP contribution in [0.4, 0.5) is 4.39 Å². The van der Waals surface area contributed by atoms with Gasteiger partial charge in [-0.05, 0) is 12.8 Å². The van der Waals surface area contributed by atoms with Crippen LogP contribution in [-0.2, 0) is 17.1 Å². The van der Waals surface area contributed by atoms with Gasteiger partial charge in [0.25, 0.3) is 10.0 Å². The maximum atomic E-state index is 13.5. The Morgan fingerprint density at radius 1 is 1.38 bits per heavy atom. The first-order valence-corrected chi connectivity index (χ1v) is 9.39. The number of nitrogens with one attached hydrogen (secondary N) is 1. The normalized spacial score (nSPS) is 25.4. The minimum Gasteiger partial charge on any atom is -0.339 e. The van der Waals surface area contributed by atoms with Crippen molar-refractivity contribution < 1.29 is 12.8 Å². The number of aromatic amines is 1. The average Bonchev–Trinajstić information content (AvgIpc) is 2.99. The van der Waals surface area contributed by atoms with Crippen LogP contribution in [0, 0.1) is 5.92 Å². The summed E-state index contributed by atoms with van der Waals surface area (Å²) in [7, 11) is -2.02. The third-order valence-electron chi connectivity index (χ3n) is 4.70. The first kappa shape index (κ1) is 15.7. The lowest BCUT2D eigenvalue weighted by Crippen LogP contribution is -2.29. The molecule has 130 valence electrons. The van der Waals surface area contributed by atoms with Crippen LogP contribution in [0.3, 0.4) is 0 Å². The molecule has 0 bridgehead atoms. The van der Waals surface area contributed by atoms with Crippen LogP contribution in [0.15, 0.2) is 17.6 Å². The zero-order valence-electron chi connectivity index (χ0n) is 13.3. The Labute approximate surface area is 139 Å². The number of hydrogen-bond donors (Lipinski definition) is 1. The highest BCUT2D eigenvalue weighted by molar-refractivity contribution is 7.89. The van der Waals surface area contributed by atoms with Gasteiger partial charge in [0, 0.05) is 44.1 Å². The minimum absolute atomic E-state index is 0.0144. The second-order valence-corrected chi connectivity index (χ2v) is 8.46. The fourth-order valence-electron chi connectivity index (χ4n) is 3.13. The second kappa shape index (κ2) is 5.62. The summed E-state index contributed by atoms with van der Waals surface area (Å²) in [5.74, 6) is 0.998. The standard InChI is InChI=1S/C14H19FN6O2S/c1-20-7-12(16-8-20)24(22,23)21-5-10(4-15)11(6-21)14-17-13(18-19-14)9-2-3-9/h7-11H,2-6H2,1H3,(H,17,18,19)/t10-,11-/m1/s1. The molecule has 10 heteroatoms. The summed E-state index contributed by atoms with van der Waals surface area (Å²) >= 11 is 0. The fraction of sp³-hybridized carbons (Fsp3) is 0.643. The molecule has 1 aliphatic carbocycles. The molecule has 8 nitrogen and oxygen atoms in total. The van der Waals surface area contributed by atoms with E-state index in [4.69, 9.17) is 0 Å². The van der Waals surface area contributed by atoms with Gasteiger partial charge in [-0.15, -0.1) is 0 Å². The quantitative estimate of drug-likeness (QED) is 0.856.